The van der Waals surface area contributed by atoms with Gasteiger partial charge in [0, 0.05) is 21.4 Å². The summed E-state index contributed by atoms with van der Waals surface area (Å²) in [6, 6.07) is 23.0. The molecule has 0 spiro atoms. The smallest absolute Gasteiger partial charge is 0.0991 e. The van der Waals surface area contributed by atoms with Gasteiger partial charge in [-0.3, -0.25) is 0 Å². The molecular formula is C23H20N2S. The van der Waals surface area contributed by atoms with Crippen LogP contribution < -0.4 is 0 Å². The van der Waals surface area contributed by atoms with Gasteiger partial charge in [-0.05, 0) is 59.5 Å². The van der Waals surface area contributed by atoms with Gasteiger partial charge in [-0.15, -0.1) is 12.6 Å². The molecule has 26 heavy (non-hydrogen) atoms. The first-order valence-electron chi connectivity index (χ1n) is 8.67. The second-order valence-electron chi connectivity index (χ2n) is 7.68. The van der Waals surface area contributed by atoms with E-state index in [0.29, 0.717) is 5.56 Å². The van der Waals surface area contributed by atoms with Crippen molar-refractivity contribution in [2.24, 2.45) is 0 Å². The monoisotopic (exact) mass is 356 g/mol. The summed E-state index contributed by atoms with van der Waals surface area (Å²) in [5, 5.41) is 11.6. The normalized spacial score (nSPS) is 11.8. The van der Waals surface area contributed by atoms with E-state index in [1.54, 1.807) is 0 Å². The Morgan fingerprint density at radius 1 is 0.885 bits per heavy atom. The molecule has 3 aromatic carbocycles. The van der Waals surface area contributed by atoms with Crippen molar-refractivity contribution in [3.05, 3.63) is 71.8 Å². The third-order valence-corrected chi connectivity index (χ3v) is 5.13. The largest absolute Gasteiger partial charge is 0.309 e. The zero-order chi connectivity index (χ0) is 18.5. The molecule has 128 valence electrons. The van der Waals surface area contributed by atoms with Gasteiger partial charge >= 0.3 is 0 Å². The molecule has 0 unspecified atom stereocenters. The molecule has 0 aliphatic rings. The van der Waals surface area contributed by atoms with E-state index in [0.717, 1.165) is 27.0 Å². The standard InChI is InChI=1S/C23H20N2S/c1-23(2,3)16-8-10-22-20(12-16)19-11-15(14-24)7-9-21(19)25(22)17-5-4-6-18(26)13-17/h4-13,26H,1-3H3. The van der Waals surface area contributed by atoms with Gasteiger partial charge < -0.3 is 4.57 Å². The van der Waals surface area contributed by atoms with E-state index in [2.05, 4.69) is 74.4 Å². The Morgan fingerprint density at radius 3 is 2.23 bits per heavy atom. The predicted octanol–water partition coefficient (Wildman–Crippen LogP) is 6.24. The molecule has 1 aromatic heterocycles. The van der Waals surface area contributed by atoms with E-state index in [1.807, 2.05) is 30.3 Å². The van der Waals surface area contributed by atoms with Gasteiger partial charge in [0.1, 0.15) is 0 Å². The SMILES string of the molecule is CC(C)(C)c1ccc2c(c1)c1cc(C#N)ccc1n2-c1cccc(S)c1. The maximum absolute atomic E-state index is 9.35. The number of aromatic nitrogens is 1. The van der Waals surface area contributed by atoms with Gasteiger partial charge in [-0.2, -0.15) is 5.26 Å². The van der Waals surface area contributed by atoms with E-state index in [-0.39, 0.29) is 5.41 Å². The average molecular weight is 356 g/mol. The third-order valence-electron chi connectivity index (χ3n) is 4.85. The molecule has 3 heteroatoms. The molecule has 0 aliphatic heterocycles. The highest BCUT2D eigenvalue weighted by Crippen LogP contribution is 2.35. The molecule has 0 saturated heterocycles. The molecule has 0 bridgehead atoms. The first-order chi connectivity index (χ1) is 12.4. The highest BCUT2D eigenvalue weighted by atomic mass is 32.1. The summed E-state index contributed by atoms with van der Waals surface area (Å²) in [6.07, 6.45) is 0. The van der Waals surface area contributed by atoms with Crippen molar-refractivity contribution in [2.75, 3.05) is 0 Å². The molecule has 0 saturated carbocycles. The van der Waals surface area contributed by atoms with Crippen molar-refractivity contribution < 1.29 is 0 Å². The van der Waals surface area contributed by atoms with Crippen LogP contribution in [0.3, 0.4) is 0 Å². The van der Waals surface area contributed by atoms with Crippen molar-refractivity contribution in [3.63, 3.8) is 0 Å². The molecule has 1 heterocycles. The van der Waals surface area contributed by atoms with Crippen LogP contribution in [0.1, 0.15) is 31.9 Å². The van der Waals surface area contributed by atoms with Crippen LogP contribution in [0.4, 0.5) is 0 Å². The number of thiol groups is 1. The first kappa shape index (κ1) is 16.8. The van der Waals surface area contributed by atoms with Crippen LogP contribution in [0.2, 0.25) is 0 Å². The van der Waals surface area contributed by atoms with Crippen LogP contribution in [0.15, 0.2) is 65.6 Å². The van der Waals surface area contributed by atoms with Crippen LogP contribution in [0.25, 0.3) is 27.5 Å². The summed E-state index contributed by atoms with van der Waals surface area (Å²) < 4.78 is 2.25. The van der Waals surface area contributed by atoms with Crippen molar-refractivity contribution in [2.45, 2.75) is 31.1 Å². The van der Waals surface area contributed by atoms with E-state index in [9.17, 15) is 5.26 Å². The topological polar surface area (TPSA) is 28.7 Å². The maximum Gasteiger partial charge on any atom is 0.0991 e. The minimum atomic E-state index is 0.0699. The van der Waals surface area contributed by atoms with E-state index in [1.165, 1.54) is 10.9 Å². The Labute approximate surface area is 159 Å². The van der Waals surface area contributed by atoms with Crippen LogP contribution in [0, 0.1) is 11.3 Å². The number of fused-ring (bicyclic) bond motifs is 3. The lowest BCUT2D eigenvalue weighted by molar-refractivity contribution is 0.591. The van der Waals surface area contributed by atoms with Crippen LogP contribution >= 0.6 is 12.6 Å². The Balaban J connectivity index is 2.15. The van der Waals surface area contributed by atoms with Gasteiger partial charge in [-0.1, -0.05) is 32.9 Å². The number of hydrogen-bond acceptors (Lipinski definition) is 2. The van der Waals surface area contributed by atoms with Gasteiger partial charge in [0.2, 0.25) is 0 Å². The van der Waals surface area contributed by atoms with Crippen LogP contribution in [-0.2, 0) is 5.41 Å². The summed E-state index contributed by atoms with van der Waals surface area (Å²) in [6.45, 7) is 6.66. The maximum atomic E-state index is 9.35. The molecule has 0 atom stereocenters. The first-order valence-corrected chi connectivity index (χ1v) is 9.11. The minimum absolute atomic E-state index is 0.0699. The summed E-state index contributed by atoms with van der Waals surface area (Å²) in [5.74, 6) is 0. The molecule has 0 amide bonds. The average Bonchev–Trinajstić information content (AvgIpc) is 2.93. The third kappa shape index (κ3) is 2.67. The second kappa shape index (κ2) is 5.93. The van der Waals surface area contributed by atoms with E-state index < -0.39 is 0 Å². The zero-order valence-electron chi connectivity index (χ0n) is 15.1. The van der Waals surface area contributed by atoms with Crippen LogP contribution in [-0.4, -0.2) is 4.57 Å². The molecule has 0 N–H and O–H groups in total. The van der Waals surface area contributed by atoms with Gasteiger partial charge in [-0.25, -0.2) is 0 Å². The summed E-state index contributed by atoms with van der Waals surface area (Å²) in [5.41, 5.74) is 5.35. The van der Waals surface area contributed by atoms with Crippen molar-refractivity contribution in [1.82, 2.24) is 4.57 Å². The number of nitriles is 1. The Kier molecular flexibility index (Phi) is 3.82. The van der Waals surface area contributed by atoms with E-state index in [4.69, 9.17) is 0 Å². The molecule has 0 aliphatic carbocycles. The predicted molar refractivity (Wildman–Crippen MR) is 111 cm³/mol. The molecule has 0 fully saturated rings. The lowest BCUT2D eigenvalue weighted by Gasteiger charge is -2.19. The van der Waals surface area contributed by atoms with Gasteiger partial charge in [0.15, 0.2) is 0 Å². The lowest BCUT2D eigenvalue weighted by Crippen LogP contribution is -2.10. The minimum Gasteiger partial charge on any atom is -0.309 e. The molecular weight excluding hydrogens is 336 g/mol. The lowest BCUT2D eigenvalue weighted by atomic mass is 9.86. The Bertz CT molecular complexity index is 1190. The fraction of sp³-hybridized carbons (Fsp3) is 0.174. The van der Waals surface area contributed by atoms with Gasteiger partial charge in [0.05, 0.1) is 22.7 Å². The van der Waals surface area contributed by atoms with E-state index >= 15 is 0 Å². The van der Waals surface area contributed by atoms with Crippen molar-refractivity contribution in [3.8, 4) is 11.8 Å². The fourth-order valence-corrected chi connectivity index (χ4v) is 3.69. The second-order valence-corrected chi connectivity index (χ2v) is 8.20. The number of nitrogens with zero attached hydrogens (tertiary/aromatic N) is 2. The fourth-order valence-electron chi connectivity index (χ4n) is 3.47. The molecule has 2 nitrogen and oxygen atoms in total. The molecule has 4 aromatic rings. The number of rotatable bonds is 1. The summed E-state index contributed by atoms with van der Waals surface area (Å²) in [7, 11) is 0. The Hall–Kier alpha value is -2.70. The molecule has 4 rings (SSSR count). The highest BCUT2D eigenvalue weighted by Gasteiger charge is 2.18. The number of benzene rings is 3. The van der Waals surface area contributed by atoms with Crippen molar-refractivity contribution in [1.29, 1.82) is 5.26 Å². The van der Waals surface area contributed by atoms with Crippen molar-refractivity contribution >= 4 is 34.4 Å². The Morgan fingerprint density at radius 2 is 1.58 bits per heavy atom. The quantitative estimate of drug-likeness (QED) is 0.402. The molecule has 0 radical (unpaired) electrons. The zero-order valence-corrected chi connectivity index (χ0v) is 16.0. The highest BCUT2D eigenvalue weighted by molar-refractivity contribution is 7.80. The summed E-state index contributed by atoms with van der Waals surface area (Å²) >= 11 is 4.50. The van der Waals surface area contributed by atoms with Crippen LogP contribution in [0.5, 0.6) is 0 Å². The number of hydrogen-bond donors (Lipinski definition) is 1. The summed E-state index contributed by atoms with van der Waals surface area (Å²) in [4.78, 5) is 0.928. The van der Waals surface area contributed by atoms with Gasteiger partial charge in [0.25, 0.3) is 0 Å².